The molecule has 2 rings (SSSR count). The van der Waals surface area contributed by atoms with Gasteiger partial charge < -0.3 is 4.90 Å². The second-order valence-corrected chi connectivity index (χ2v) is 4.16. The first-order chi connectivity index (χ1) is 8.02. The molecule has 1 atom stereocenters. The first-order valence-corrected chi connectivity index (χ1v) is 5.25. The highest BCUT2D eigenvalue weighted by molar-refractivity contribution is 6.33. The fourth-order valence-corrected chi connectivity index (χ4v) is 2.10. The fraction of sp³-hybridized carbons (Fsp3) is 0.273. The molecule has 1 unspecified atom stereocenters. The highest BCUT2D eigenvalue weighted by Crippen LogP contribution is 2.34. The van der Waals surface area contributed by atoms with Crippen LogP contribution in [0.25, 0.3) is 0 Å². The monoisotopic (exact) mass is 256 g/mol. The molecule has 1 amide bonds. The molecule has 0 radical (unpaired) electrons. The van der Waals surface area contributed by atoms with Crippen LogP contribution in [0.15, 0.2) is 12.1 Å². The summed E-state index contributed by atoms with van der Waals surface area (Å²) >= 11 is 5.71. The standard InChI is InChI=1S/C11H7ClF2N2O/c12-8-2-7(13)3-9(14)11(8)16-5-6(4-15)1-10(16)17/h2-3,6H,1,5H2. The molecule has 3 nitrogen and oxygen atoms in total. The lowest BCUT2D eigenvalue weighted by molar-refractivity contribution is -0.117. The molecule has 0 spiro atoms. The van der Waals surface area contributed by atoms with Gasteiger partial charge in [-0.2, -0.15) is 5.26 Å². The van der Waals surface area contributed by atoms with Crippen molar-refractivity contribution in [1.29, 1.82) is 5.26 Å². The van der Waals surface area contributed by atoms with Crippen molar-refractivity contribution in [2.75, 3.05) is 11.4 Å². The minimum Gasteiger partial charge on any atom is -0.307 e. The highest BCUT2D eigenvalue weighted by atomic mass is 35.5. The molecule has 0 N–H and O–H groups in total. The van der Waals surface area contributed by atoms with Crippen LogP contribution in [0, 0.1) is 28.9 Å². The van der Waals surface area contributed by atoms with Gasteiger partial charge in [0.2, 0.25) is 5.91 Å². The Morgan fingerprint density at radius 2 is 2.18 bits per heavy atom. The Bertz CT molecular complexity index is 504. The maximum Gasteiger partial charge on any atom is 0.228 e. The molecule has 17 heavy (non-hydrogen) atoms. The van der Waals surface area contributed by atoms with Crippen LogP contribution < -0.4 is 4.90 Å². The van der Waals surface area contributed by atoms with E-state index >= 15 is 0 Å². The summed E-state index contributed by atoms with van der Waals surface area (Å²) in [5, 5.41) is 8.54. The molecule has 0 bridgehead atoms. The van der Waals surface area contributed by atoms with Gasteiger partial charge in [0.15, 0.2) is 5.82 Å². The van der Waals surface area contributed by atoms with Crippen LogP contribution in [0.2, 0.25) is 5.02 Å². The van der Waals surface area contributed by atoms with Crippen LogP contribution in [0.3, 0.4) is 0 Å². The number of carbonyl (C=O) groups is 1. The van der Waals surface area contributed by atoms with Gasteiger partial charge in [-0.15, -0.1) is 0 Å². The number of hydrogen-bond donors (Lipinski definition) is 0. The van der Waals surface area contributed by atoms with Crippen LogP contribution in [0.4, 0.5) is 14.5 Å². The van der Waals surface area contributed by atoms with E-state index in [4.69, 9.17) is 16.9 Å². The summed E-state index contributed by atoms with van der Waals surface area (Å²) in [6.45, 7) is 0.0810. The number of halogens is 3. The molecule has 6 heteroatoms. The van der Waals surface area contributed by atoms with Gasteiger partial charge in [0.25, 0.3) is 0 Å². The first kappa shape index (κ1) is 11.8. The Morgan fingerprint density at radius 3 is 2.71 bits per heavy atom. The molecule has 1 heterocycles. The minimum atomic E-state index is -0.901. The number of benzene rings is 1. The molecular weight excluding hydrogens is 250 g/mol. The van der Waals surface area contributed by atoms with Crippen molar-refractivity contribution in [3.63, 3.8) is 0 Å². The molecule has 0 aromatic heterocycles. The average Bonchev–Trinajstić information content (AvgIpc) is 2.59. The number of hydrogen-bond acceptors (Lipinski definition) is 2. The second kappa shape index (κ2) is 4.30. The Balaban J connectivity index is 2.42. The van der Waals surface area contributed by atoms with Crippen molar-refractivity contribution in [3.05, 3.63) is 28.8 Å². The Labute approximate surface area is 101 Å². The van der Waals surface area contributed by atoms with Gasteiger partial charge in [-0.05, 0) is 6.07 Å². The highest BCUT2D eigenvalue weighted by Gasteiger charge is 2.33. The van der Waals surface area contributed by atoms with E-state index in [1.807, 2.05) is 6.07 Å². The SMILES string of the molecule is N#CC1CC(=O)N(c2c(F)cc(F)cc2Cl)C1. The number of anilines is 1. The number of nitriles is 1. The summed E-state index contributed by atoms with van der Waals surface area (Å²) in [5.41, 5.74) is -0.157. The van der Waals surface area contributed by atoms with Crippen molar-refractivity contribution in [2.45, 2.75) is 6.42 Å². The second-order valence-electron chi connectivity index (χ2n) is 3.75. The van der Waals surface area contributed by atoms with Crippen molar-refractivity contribution < 1.29 is 13.6 Å². The van der Waals surface area contributed by atoms with Gasteiger partial charge in [0.1, 0.15) is 5.82 Å². The van der Waals surface area contributed by atoms with E-state index in [-0.39, 0.29) is 29.6 Å². The van der Waals surface area contributed by atoms with E-state index in [0.717, 1.165) is 11.0 Å². The number of carbonyl (C=O) groups excluding carboxylic acids is 1. The summed E-state index contributed by atoms with van der Waals surface area (Å²) in [6, 6.07) is 3.54. The molecule has 0 saturated carbocycles. The van der Waals surface area contributed by atoms with Crippen molar-refractivity contribution in [3.8, 4) is 6.07 Å². The van der Waals surface area contributed by atoms with E-state index in [2.05, 4.69) is 0 Å². The van der Waals surface area contributed by atoms with Gasteiger partial charge in [-0.1, -0.05) is 11.6 Å². The van der Waals surface area contributed by atoms with E-state index in [9.17, 15) is 13.6 Å². The Hall–Kier alpha value is -1.67. The quantitative estimate of drug-likeness (QED) is 0.775. The Morgan fingerprint density at radius 1 is 1.47 bits per heavy atom. The molecule has 1 aromatic rings. The van der Waals surface area contributed by atoms with Gasteiger partial charge in [-0.25, -0.2) is 8.78 Å². The molecular formula is C11H7ClF2N2O. The summed E-state index contributed by atoms with van der Waals surface area (Å²) < 4.78 is 26.4. The zero-order chi connectivity index (χ0) is 12.6. The first-order valence-electron chi connectivity index (χ1n) is 4.87. The van der Waals surface area contributed by atoms with Crippen LogP contribution >= 0.6 is 11.6 Å². The predicted molar refractivity (Wildman–Crippen MR) is 57.4 cm³/mol. The van der Waals surface area contributed by atoms with Gasteiger partial charge in [-0.3, -0.25) is 4.79 Å². The fourth-order valence-electron chi connectivity index (χ4n) is 1.80. The van der Waals surface area contributed by atoms with E-state index in [0.29, 0.717) is 6.07 Å². The molecule has 88 valence electrons. The summed E-state index contributed by atoms with van der Waals surface area (Å²) in [6.07, 6.45) is 0.0314. The molecule has 0 aliphatic carbocycles. The maximum absolute atomic E-state index is 13.6. The summed E-state index contributed by atoms with van der Waals surface area (Å²) in [4.78, 5) is 12.7. The Kier molecular flexibility index (Phi) is 2.99. The predicted octanol–water partition coefficient (Wildman–Crippen LogP) is 2.49. The van der Waals surface area contributed by atoms with Crippen molar-refractivity contribution in [2.24, 2.45) is 5.92 Å². The summed E-state index contributed by atoms with van der Waals surface area (Å²) in [5.74, 6) is -2.58. The largest absolute Gasteiger partial charge is 0.307 e. The molecule has 1 fully saturated rings. The van der Waals surface area contributed by atoms with Gasteiger partial charge >= 0.3 is 0 Å². The molecule has 1 saturated heterocycles. The van der Waals surface area contributed by atoms with Gasteiger partial charge in [0.05, 0.1) is 22.7 Å². The third-order valence-electron chi connectivity index (χ3n) is 2.56. The number of nitrogens with zero attached hydrogens (tertiary/aromatic N) is 2. The van der Waals surface area contributed by atoms with Crippen LogP contribution in [-0.2, 0) is 4.79 Å². The van der Waals surface area contributed by atoms with Crippen molar-refractivity contribution >= 4 is 23.2 Å². The smallest absolute Gasteiger partial charge is 0.228 e. The normalized spacial score (nSPS) is 19.5. The van der Waals surface area contributed by atoms with Crippen LogP contribution in [-0.4, -0.2) is 12.5 Å². The number of amides is 1. The lowest BCUT2D eigenvalue weighted by Gasteiger charge is -2.18. The van der Waals surface area contributed by atoms with E-state index in [1.165, 1.54) is 0 Å². The third kappa shape index (κ3) is 2.08. The minimum absolute atomic E-state index is 0.0314. The lowest BCUT2D eigenvalue weighted by atomic mass is 10.1. The lowest BCUT2D eigenvalue weighted by Crippen LogP contribution is -2.25. The zero-order valence-electron chi connectivity index (χ0n) is 8.58. The van der Waals surface area contributed by atoms with Crippen molar-refractivity contribution in [1.82, 2.24) is 0 Å². The maximum atomic E-state index is 13.6. The molecule has 1 aromatic carbocycles. The molecule has 1 aliphatic heterocycles. The van der Waals surface area contributed by atoms with Crippen LogP contribution in [0.1, 0.15) is 6.42 Å². The topological polar surface area (TPSA) is 44.1 Å². The number of rotatable bonds is 1. The van der Waals surface area contributed by atoms with Gasteiger partial charge in [0, 0.05) is 19.0 Å². The van der Waals surface area contributed by atoms with E-state index in [1.54, 1.807) is 0 Å². The molecule has 1 aliphatic rings. The summed E-state index contributed by atoms with van der Waals surface area (Å²) in [7, 11) is 0. The zero-order valence-corrected chi connectivity index (χ0v) is 9.34. The van der Waals surface area contributed by atoms with E-state index < -0.39 is 17.6 Å². The average molecular weight is 257 g/mol. The third-order valence-corrected chi connectivity index (χ3v) is 2.85. The van der Waals surface area contributed by atoms with Crippen LogP contribution in [0.5, 0.6) is 0 Å².